The van der Waals surface area contributed by atoms with Crippen LogP contribution in [0.15, 0.2) is 11.6 Å². The number of hydrogen-bond donors (Lipinski definition) is 0. The van der Waals surface area contributed by atoms with Crippen molar-refractivity contribution in [3.8, 4) is 0 Å². The summed E-state index contributed by atoms with van der Waals surface area (Å²) in [6.45, 7) is 4.49. The Hall–Kier alpha value is -0.790. The zero-order valence-corrected chi connectivity index (χ0v) is 8.51. The van der Waals surface area contributed by atoms with E-state index < -0.39 is 0 Å². The highest BCUT2D eigenvalue weighted by Crippen LogP contribution is 2.28. The fourth-order valence-electron chi connectivity index (χ4n) is 1.76. The Balaban J connectivity index is 2.52. The molecule has 2 heteroatoms. The quantitative estimate of drug-likeness (QED) is 0.485. The Kier molecular flexibility index (Phi) is 4.00. The van der Waals surface area contributed by atoms with Crippen LogP contribution in [0.5, 0.6) is 0 Å². The van der Waals surface area contributed by atoms with Crippen molar-refractivity contribution >= 4 is 5.97 Å². The van der Waals surface area contributed by atoms with Gasteiger partial charge in [0, 0.05) is 6.08 Å². The molecule has 74 valence electrons. The van der Waals surface area contributed by atoms with Crippen LogP contribution >= 0.6 is 0 Å². The van der Waals surface area contributed by atoms with Gasteiger partial charge >= 0.3 is 5.97 Å². The van der Waals surface area contributed by atoms with Gasteiger partial charge in [-0.15, -0.1) is 0 Å². The Morgan fingerprint density at radius 1 is 1.62 bits per heavy atom. The Bertz CT molecular complexity index is 206. The molecule has 2 nitrogen and oxygen atoms in total. The maximum Gasteiger partial charge on any atom is 0.330 e. The fraction of sp³-hybridized carbons (Fsp3) is 0.727. The topological polar surface area (TPSA) is 26.3 Å². The van der Waals surface area contributed by atoms with Crippen LogP contribution in [0.1, 0.15) is 39.5 Å². The van der Waals surface area contributed by atoms with Gasteiger partial charge in [-0.05, 0) is 32.1 Å². The first-order chi connectivity index (χ1) is 6.24. The molecule has 0 aromatic rings. The molecule has 0 spiro atoms. The predicted molar refractivity (Wildman–Crippen MR) is 52.3 cm³/mol. The molecule has 1 aliphatic carbocycles. The van der Waals surface area contributed by atoms with E-state index in [4.69, 9.17) is 4.74 Å². The summed E-state index contributed by atoms with van der Waals surface area (Å²) in [5, 5.41) is 0. The van der Waals surface area contributed by atoms with Crippen molar-refractivity contribution in [2.75, 3.05) is 6.61 Å². The number of ether oxygens (including phenoxy) is 1. The van der Waals surface area contributed by atoms with Gasteiger partial charge in [0.05, 0.1) is 6.61 Å². The van der Waals surface area contributed by atoms with Gasteiger partial charge in [0.2, 0.25) is 0 Å². The normalized spacial score (nSPS) is 26.0. The lowest BCUT2D eigenvalue weighted by Gasteiger charge is -2.21. The minimum Gasteiger partial charge on any atom is -0.463 e. The Labute approximate surface area is 80.0 Å². The zero-order valence-electron chi connectivity index (χ0n) is 8.51. The number of rotatable bonds is 2. The second-order valence-electron chi connectivity index (χ2n) is 3.62. The largest absolute Gasteiger partial charge is 0.463 e. The van der Waals surface area contributed by atoms with Gasteiger partial charge in [-0.25, -0.2) is 4.79 Å². The fourth-order valence-corrected chi connectivity index (χ4v) is 1.76. The molecular weight excluding hydrogens is 164 g/mol. The molecular formula is C11H18O2. The molecule has 1 aliphatic rings. The van der Waals surface area contributed by atoms with Crippen molar-refractivity contribution in [1.29, 1.82) is 0 Å². The first kappa shape index (κ1) is 10.3. The minimum absolute atomic E-state index is 0.175. The van der Waals surface area contributed by atoms with Crippen LogP contribution < -0.4 is 0 Å². The van der Waals surface area contributed by atoms with E-state index in [0.717, 1.165) is 6.42 Å². The molecule has 0 radical (unpaired) electrons. The van der Waals surface area contributed by atoms with E-state index >= 15 is 0 Å². The van der Waals surface area contributed by atoms with Gasteiger partial charge in [0.15, 0.2) is 0 Å². The molecule has 1 atom stereocenters. The number of esters is 1. The summed E-state index contributed by atoms with van der Waals surface area (Å²) in [6.07, 6.45) is 6.48. The van der Waals surface area contributed by atoms with Crippen LogP contribution in [0.4, 0.5) is 0 Å². The molecule has 0 N–H and O–H groups in total. The molecule has 0 heterocycles. The summed E-state index contributed by atoms with van der Waals surface area (Å²) < 4.78 is 4.88. The van der Waals surface area contributed by atoms with E-state index in [-0.39, 0.29) is 5.97 Å². The maximum atomic E-state index is 11.2. The molecule has 13 heavy (non-hydrogen) atoms. The molecule has 0 aromatic carbocycles. The summed E-state index contributed by atoms with van der Waals surface area (Å²) >= 11 is 0. The lowest BCUT2D eigenvalue weighted by atomic mass is 9.85. The van der Waals surface area contributed by atoms with Gasteiger partial charge < -0.3 is 4.74 Å². The molecule has 0 aliphatic heterocycles. The van der Waals surface area contributed by atoms with E-state index in [1.54, 1.807) is 6.08 Å². The summed E-state index contributed by atoms with van der Waals surface area (Å²) in [5.41, 5.74) is 1.27. The van der Waals surface area contributed by atoms with Crippen LogP contribution in [0.2, 0.25) is 0 Å². The van der Waals surface area contributed by atoms with Crippen LogP contribution in [0.25, 0.3) is 0 Å². The monoisotopic (exact) mass is 182 g/mol. The van der Waals surface area contributed by atoms with Crippen LogP contribution in [-0.2, 0) is 9.53 Å². The van der Waals surface area contributed by atoms with E-state index in [0.29, 0.717) is 12.5 Å². The third-order valence-corrected chi connectivity index (χ3v) is 2.58. The van der Waals surface area contributed by atoms with E-state index in [1.807, 2.05) is 6.92 Å². The highest BCUT2D eigenvalue weighted by molar-refractivity contribution is 5.82. The zero-order chi connectivity index (χ0) is 9.68. The molecule has 1 rings (SSSR count). The SMILES string of the molecule is CCOC(=O)C=C1CCCCC1C. The smallest absolute Gasteiger partial charge is 0.330 e. The molecule has 1 unspecified atom stereocenters. The molecule has 0 saturated heterocycles. The van der Waals surface area contributed by atoms with Crippen LogP contribution in [0, 0.1) is 5.92 Å². The average Bonchev–Trinajstić information content (AvgIpc) is 2.09. The minimum atomic E-state index is -0.175. The van der Waals surface area contributed by atoms with Crippen LogP contribution in [0.3, 0.4) is 0 Å². The lowest BCUT2D eigenvalue weighted by Crippen LogP contribution is -2.09. The average molecular weight is 182 g/mol. The molecule has 0 amide bonds. The van der Waals surface area contributed by atoms with Crippen molar-refractivity contribution in [3.63, 3.8) is 0 Å². The van der Waals surface area contributed by atoms with Gasteiger partial charge in [0.1, 0.15) is 0 Å². The van der Waals surface area contributed by atoms with E-state index in [9.17, 15) is 4.79 Å². The summed E-state index contributed by atoms with van der Waals surface area (Å²) in [6, 6.07) is 0. The van der Waals surface area contributed by atoms with Gasteiger partial charge in [0.25, 0.3) is 0 Å². The van der Waals surface area contributed by atoms with Crippen molar-refractivity contribution in [2.45, 2.75) is 39.5 Å². The van der Waals surface area contributed by atoms with Crippen molar-refractivity contribution in [2.24, 2.45) is 5.92 Å². The lowest BCUT2D eigenvalue weighted by molar-refractivity contribution is -0.137. The predicted octanol–water partition coefficient (Wildman–Crippen LogP) is 2.69. The first-order valence-electron chi connectivity index (χ1n) is 5.11. The Morgan fingerprint density at radius 2 is 2.38 bits per heavy atom. The van der Waals surface area contributed by atoms with Gasteiger partial charge in [-0.2, -0.15) is 0 Å². The van der Waals surface area contributed by atoms with Gasteiger partial charge in [-0.3, -0.25) is 0 Å². The van der Waals surface area contributed by atoms with Crippen molar-refractivity contribution in [1.82, 2.24) is 0 Å². The van der Waals surface area contributed by atoms with Crippen LogP contribution in [-0.4, -0.2) is 12.6 Å². The first-order valence-corrected chi connectivity index (χ1v) is 5.11. The number of allylic oxidation sites excluding steroid dienone is 1. The van der Waals surface area contributed by atoms with Crippen molar-refractivity contribution < 1.29 is 9.53 Å². The molecule has 0 aromatic heterocycles. The highest BCUT2D eigenvalue weighted by atomic mass is 16.5. The number of carbonyl (C=O) groups excluding carboxylic acids is 1. The molecule has 1 saturated carbocycles. The standard InChI is InChI=1S/C11H18O2/c1-3-13-11(12)8-10-7-5-4-6-9(10)2/h8-9H,3-7H2,1-2H3. The third-order valence-electron chi connectivity index (χ3n) is 2.58. The third kappa shape index (κ3) is 3.21. The van der Waals surface area contributed by atoms with Gasteiger partial charge in [-0.1, -0.05) is 18.9 Å². The highest BCUT2D eigenvalue weighted by Gasteiger charge is 2.15. The van der Waals surface area contributed by atoms with E-state index in [2.05, 4.69) is 6.92 Å². The second-order valence-corrected chi connectivity index (χ2v) is 3.62. The summed E-state index contributed by atoms with van der Waals surface area (Å²) in [5.74, 6) is 0.393. The summed E-state index contributed by atoms with van der Waals surface area (Å²) in [7, 11) is 0. The molecule has 0 bridgehead atoms. The second kappa shape index (κ2) is 5.05. The Morgan fingerprint density at radius 3 is 3.00 bits per heavy atom. The van der Waals surface area contributed by atoms with Crippen molar-refractivity contribution in [3.05, 3.63) is 11.6 Å². The summed E-state index contributed by atoms with van der Waals surface area (Å²) in [4.78, 5) is 11.2. The van der Waals surface area contributed by atoms with E-state index in [1.165, 1.54) is 24.8 Å². The molecule has 1 fully saturated rings. The number of hydrogen-bond acceptors (Lipinski definition) is 2. The maximum absolute atomic E-state index is 11.2. The number of carbonyl (C=O) groups is 1.